The molecule has 0 heterocycles. The third-order valence-corrected chi connectivity index (χ3v) is 4.04. The third-order valence-electron chi connectivity index (χ3n) is 3.00. The van der Waals surface area contributed by atoms with Crippen molar-refractivity contribution in [3.63, 3.8) is 0 Å². The number of aryl methyl sites for hydroxylation is 1. The first-order valence-corrected chi connectivity index (χ1v) is 8.88. The molecule has 0 aromatic heterocycles. The van der Waals surface area contributed by atoms with E-state index in [1.807, 2.05) is 25.1 Å². The fourth-order valence-electron chi connectivity index (χ4n) is 1.89. The Hall–Kier alpha value is -2.06. The Labute approximate surface area is 162 Å². The highest BCUT2D eigenvalue weighted by Gasteiger charge is 2.10. The van der Waals surface area contributed by atoms with Crippen molar-refractivity contribution in [3.05, 3.63) is 57.0 Å². The number of halogens is 2. The van der Waals surface area contributed by atoms with Crippen molar-refractivity contribution >= 4 is 43.7 Å². The van der Waals surface area contributed by atoms with Gasteiger partial charge >= 0.3 is 0 Å². The van der Waals surface area contributed by atoms with Crippen LogP contribution in [0.1, 0.15) is 5.56 Å². The van der Waals surface area contributed by atoms with Crippen molar-refractivity contribution < 1.29 is 19.1 Å². The van der Waals surface area contributed by atoms with E-state index in [1.165, 1.54) is 0 Å². The molecule has 0 atom stereocenters. The molecule has 0 radical (unpaired) electrons. The van der Waals surface area contributed by atoms with E-state index in [4.69, 9.17) is 9.47 Å². The standard InChI is InChI=1S/C17H16Br2N2O4/c1-11-7-12(18)8-14(19)17(11)25-10-16(23)21-20-15(22)9-24-13-5-3-2-4-6-13/h2-8H,9-10H2,1H3,(H,20,22)(H,21,23). The van der Waals surface area contributed by atoms with Crippen LogP contribution in [0.4, 0.5) is 0 Å². The van der Waals surface area contributed by atoms with Crippen LogP contribution in [0.2, 0.25) is 0 Å². The van der Waals surface area contributed by atoms with Gasteiger partial charge in [0, 0.05) is 4.47 Å². The van der Waals surface area contributed by atoms with Gasteiger partial charge in [-0.1, -0.05) is 34.1 Å². The minimum absolute atomic E-state index is 0.206. The number of ether oxygens (including phenoxy) is 2. The highest BCUT2D eigenvalue weighted by atomic mass is 79.9. The summed E-state index contributed by atoms with van der Waals surface area (Å²) in [5, 5.41) is 0. The number of para-hydroxylation sites is 1. The Bertz CT molecular complexity index is 731. The number of hydrogen-bond acceptors (Lipinski definition) is 4. The molecule has 0 saturated carbocycles. The maximum Gasteiger partial charge on any atom is 0.276 e. The minimum atomic E-state index is -0.484. The Morgan fingerprint density at radius 2 is 1.56 bits per heavy atom. The van der Waals surface area contributed by atoms with Crippen LogP contribution < -0.4 is 20.3 Å². The minimum Gasteiger partial charge on any atom is -0.484 e. The van der Waals surface area contributed by atoms with Crippen LogP contribution in [0, 0.1) is 6.92 Å². The van der Waals surface area contributed by atoms with Crippen LogP contribution >= 0.6 is 31.9 Å². The molecule has 2 N–H and O–H groups in total. The molecule has 6 nitrogen and oxygen atoms in total. The predicted octanol–water partition coefficient (Wildman–Crippen LogP) is 3.13. The van der Waals surface area contributed by atoms with Gasteiger partial charge in [0.05, 0.1) is 4.47 Å². The first-order valence-electron chi connectivity index (χ1n) is 7.29. The van der Waals surface area contributed by atoms with Crippen LogP contribution in [0.15, 0.2) is 51.4 Å². The average Bonchev–Trinajstić information content (AvgIpc) is 2.58. The SMILES string of the molecule is Cc1cc(Br)cc(Br)c1OCC(=O)NNC(=O)COc1ccccc1. The Balaban J connectivity index is 1.73. The van der Waals surface area contributed by atoms with Crippen molar-refractivity contribution in [2.24, 2.45) is 0 Å². The van der Waals surface area contributed by atoms with Gasteiger partial charge in [-0.3, -0.25) is 20.4 Å². The van der Waals surface area contributed by atoms with Gasteiger partial charge in [0.2, 0.25) is 0 Å². The van der Waals surface area contributed by atoms with Crippen molar-refractivity contribution in [2.75, 3.05) is 13.2 Å². The number of amides is 2. The summed E-state index contributed by atoms with van der Waals surface area (Å²) >= 11 is 6.76. The highest BCUT2D eigenvalue weighted by Crippen LogP contribution is 2.32. The van der Waals surface area contributed by atoms with Gasteiger partial charge in [0.15, 0.2) is 13.2 Å². The summed E-state index contributed by atoms with van der Waals surface area (Å²) in [5.74, 6) is 0.181. The van der Waals surface area contributed by atoms with E-state index in [-0.39, 0.29) is 13.2 Å². The Kier molecular flexibility index (Phi) is 7.27. The monoisotopic (exact) mass is 470 g/mol. The second-order valence-corrected chi connectivity index (χ2v) is 6.79. The zero-order valence-corrected chi connectivity index (χ0v) is 16.5. The maximum atomic E-state index is 11.8. The average molecular weight is 472 g/mol. The summed E-state index contributed by atoms with van der Waals surface area (Å²) in [6, 6.07) is 12.6. The summed E-state index contributed by atoms with van der Waals surface area (Å²) < 4.78 is 12.4. The first-order chi connectivity index (χ1) is 12.0. The number of nitrogens with one attached hydrogen (secondary N) is 2. The molecular weight excluding hydrogens is 456 g/mol. The van der Waals surface area contributed by atoms with Crippen LogP contribution in [-0.4, -0.2) is 25.0 Å². The fourth-order valence-corrected chi connectivity index (χ4v) is 3.44. The number of hydrazine groups is 1. The molecule has 2 amide bonds. The molecular formula is C17H16Br2N2O4. The molecule has 8 heteroatoms. The van der Waals surface area contributed by atoms with Gasteiger partial charge in [-0.05, 0) is 52.7 Å². The summed E-state index contributed by atoms with van der Waals surface area (Å²) in [4.78, 5) is 23.4. The van der Waals surface area contributed by atoms with Crippen molar-refractivity contribution in [2.45, 2.75) is 6.92 Å². The predicted molar refractivity (Wildman–Crippen MR) is 100 cm³/mol. The molecule has 2 aromatic rings. The van der Waals surface area contributed by atoms with Gasteiger partial charge in [-0.25, -0.2) is 0 Å². The summed E-state index contributed by atoms with van der Waals surface area (Å²) in [6.45, 7) is 1.43. The number of rotatable bonds is 6. The van der Waals surface area contributed by atoms with Crippen LogP contribution in [0.3, 0.4) is 0 Å². The Morgan fingerprint density at radius 1 is 0.960 bits per heavy atom. The van der Waals surface area contributed by atoms with Crippen LogP contribution in [0.5, 0.6) is 11.5 Å². The summed E-state index contributed by atoms with van der Waals surface area (Å²) in [6.07, 6.45) is 0. The van der Waals surface area contributed by atoms with Gasteiger partial charge < -0.3 is 9.47 Å². The molecule has 0 fully saturated rings. The zero-order chi connectivity index (χ0) is 18.2. The van der Waals surface area contributed by atoms with Gasteiger partial charge in [0.25, 0.3) is 11.8 Å². The molecule has 0 saturated heterocycles. The smallest absolute Gasteiger partial charge is 0.276 e. The fraction of sp³-hybridized carbons (Fsp3) is 0.176. The van der Waals surface area contributed by atoms with E-state index in [9.17, 15) is 9.59 Å². The number of hydrogen-bond donors (Lipinski definition) is 2. The summed E-state index contributed by atoms with van der Waals surface area (Å²) in [5.41, 5.74) is 5.41. The third kappa shape index (κ3) is 6.39. The van der Waals surface area contributed by atoms with E-state index < -0.39 is 11.8 Å². The molecule has 0 unspecified atom stereocenters. The van der Waals surface area contributed by atoms with Crippen LogP contribution in [-0.2, 0) is 9.59 Å². The molecule has 0 aliphatic carbocycles. The quantitative estimate of drug-likeness (QED) is 0.634. The van der Waals surface area contributed by atoms with E-state index in [0.29, 0.717) is 11.5 Å². The lowest BCUT2D eigenvalue weighted by molar-refractivity contribution is -0.131. The van der Waals surface area contributed by atoms with Crippen LogP contribution in [0.25, 0.3) is 0 Å². The largest absolute Gasteiger partial charge is 0.484 e. The van der Waals surface area contributed by atoms with E-state index >= 15 is 0 Å². The highest BCUT2D eigenvalue weighted by molar-refractivity contribution is 9.11. The molecule has 0 aliphatic heterocycles. The normalized spacial score (nSPS) is 10.0. The number of carbonyl (C=O) groups is 2. The van der Waals surface area contributed by atoms with E-state index in [0.717, 1.165) is 14.5 Å². The maximum absolute atomic E-state index is 11.8. The molecule has 0 spiro atoms. The molecule has 2 aromatic carbocycles. The molecule has 132 valence electrons. The van der Waals surface area contributed by atoms with Crippen molar-refractivity contribution in [1.82, 2.24) is 10.9 Å². The van der Waals surface area contributed by atoms with Gasteiger partial charge in [-0.15, -0.1) is 0 Å². The lowest BCUT2D eigenvalue weighted by atomic mass is 10.2. The number of carbonyl (C=O) groups excluding carboxylic acids is 2. The van der Waals surface area contributed by atoms with Crippen molar-refractivity contribution in [3.8, 4) is 11.5 Å². The Morgan fingerprint density at radius 3 is 2.16 bits per heavy atom. The lowest BCUT2D eigenvalue weighted by Gasteiger charge is -2.12. The zero-order valence-electron chi connectivity index (χ0n) is 13.3. The molecule has 0 aliphatic rings. The molecule has 25 heavy (non-hydrogen) atoms. The van der Waals surface area contributed by atoms with Gasteiger partial charge in [0.1, 0.15) is 11.5 Å². The molecule has 2 rings (SSSR count). The summed E-state index contributed by atoms with van der Waals surface area (Å²) in [7, 11) is 0. The van der Waals surface area contributed by atoms with Crippen molar-refractivity contribution in [1.29, 1.82) is 0 Å². The second kappa shape index (κ2) is 9.43. The molecule has 0 bridgehead atoms. The topological polar surface area (TPSA) is 76.7 Å². The van der Waals surface area contributed by atoms with E-state index in [2.05, 4.69) is 42.7 Å². The first kappa shape index (κ1) is 19.3. The van der Waals surface area contributed by atoms with Gasteiger partial charge in [-0.2, -0.15) is 0 Å². The second-order valence-electron chi connectivity index (χ2n) is 5.02. The van der Waals surface area contributed by atoms with E-state index in [1.54, 1.807) is 24.3 Å². The lowest BCUT2D eigenvalue weighted by Crippen LogP contribution is -2.45. The number of benzene rings is 2.